The summed E-state index contributed by atoms with van der Waals surface area (Å²) in [6, 6.07) is 11.0. The molecule has 0 amide bonds. The third-order valence-corrected chi connectivity index (χ3v) is 4.77. The van der Waals surface area contributed by atoms with E-state index in [-0.39, 0.29) is 5.71 Å². The van der Waals surface area contributed by atoms with Crippen molar-refractivity contribution in [1.29, 1.82) is 0 Å². The molecule has 1 atom stereocenters. The fourth-order valence-electron chi connectivity index (χ4n) is 3.43. The van der Waals surface area contributed by atoms with Gasteiger partial charge in [-0.25, -0.2) is 0 Å². The van der Waals surface area contributed by atoms with Crippen molar-refractivity contribution in [1.82, 2.24) is 0 Å². The normalized spacial score (nSPS) is 17.8. The first-order chi connectivity index (χ1) is 13.6. The van der Waals surface area contributed by atoms with Gasteiger partial charge >= 0.3 is 0 Å². The molecule has 1 aliphatic rings. The quantitative estimate of drug-likeness (QED) is 0.586. The molecule has 1 aliphatic carbocycles. The number of oxime groups is 1. The Labute approximate surface area is 163 Å². The third kappa shape index (κ3) is 3.36. The standard InChI is InChI=1S/C21H23NO6/c1-25-14-7-5-12(6-8-14)15-11-16(23)20(22-24)19(15)13-9-17(26-2)21(28-4)18(10-13)27-3/h5-10,16,23-24H,11H2,1-4H3/b22-20+. The molecule has 0 radical (unpaired) electrons. The topological polar surface area (TPSA) is 89.7 Å². The van der Waals surface area contributed by atoms with Gasteiger partial charge in [0.25, 0.3) is 0 Å². The Balaban J connectivity index is 2.24. The third-order valence-electron chi connectivity index (χ3n) is 4.77. The number of hydrogen-bond acceptors (Lipinski definition) is 7. The van der Waals surface area contributed by atoms with E-state index in [9.17, 15) is 10.3 Å². The van der Waals surface area contributed by atoms with Crippen LogP contribution in [0.4, 0.5) is 0 Å². The summed E-state index contributed by atoms with van der Waals surface area (Å²) in [6.45, 7) is 0. The summed E-state index contributed by atoms with van der Waals surface area (Å²) in [5, 5.41) is 23.4. The number of aliphatic hydroxyl groups is 1. The van der Waals surface area contributed by atoms with Crippen LogP contribution in [0.1, 0.15) is 17.5 Å². The summed E-state index contributed by atoms with van der Waals surface area (Å²) in [6.07, 6.45) is -0.603. The number of ether oxygens (including phenoxy) is 4. The summed E-state index contributed by atoms with van der Waals surface area (Å²) in [5.41, 5.74) is 3.24. The Hall–Kier alpha value is -3.19. The first-order valence-corrected chi connectivity index (χ1v) is 8.66. The Bertz CT molecular complexity index is 892. The molecule has 2 aromatic rings. The van der Waals surface area contributed by atoms with E-state index in [1.807, 2.05) is 24.3 Å². The highest BCUT2D eigenvalue weighted by molar-refractivity contribution is 6.35. The van der Waals surface area contributed by atoms with Crippen LogP contribution in [0.15, 0.2) is 41.6 Å². The van der Waals surface area contributed by atoms with E-state index in [1.54, 1.807) is 19.2 Å². The summed E-state index contributed by atoms with van der Waals surface area (Å²) in [5.74, 6) is 2.13. The van der Waals surface area contributed by atoms with Crippen molar-refractivity contribution < 1.29 is 29.3 Å². The van der Waals surface area contributed by atoms with Crippen LogP contribution in [0.2, 0.25) is 0 Å². The van der Waals surface area contributed by atoms with Gasteiger partial charge in [0.2, 0.25) is 5.75 Å². The molecular weight excluding hydrogens is 362 g/mol. The van der Waals surface area contributed by atoms with Crippen LogP contribution < -0.4 is 18.9 Å². The van der Waals surface area contributed by atoms with Crippen LogP contribution in [0.25, 0.3) is 11.1 Å². The lowest BCUT2D eigenvalue weighted by Crippen LogP contribution is -2.15. The molecule has 0 bridgehead atoms. The van der Waals surface area contributed by atoms with E-state index in [0.717, 1.165) is 16.9 Å². The molecule has 3 rings (SSSR count). The lowest BCUT2D eigenvalue weighted by atomic mass is 9.95. The van der Waals surface area contributed by atoms with Crippen LogP contribution in [0.5, 0.6) is 23.0 Å². The van der Waals surface area contributed by atoms with Gasteiger partial charge in [-0.1, -0.05) is 17.3 Å². The predicted octanol–water partition coefficient (Wildman–Crippen LogP) is 3.23. The van der Waals surface area contributed by atoms with Crippen molar-refractivity contribution in [2.45, 2.75) is 12.5 Å². The maximum atomic E-state index is 10.5. The molecule has 7 nitrogen and oxygen atoms in total. The molecule has 2 aromatic carbocycles. The minimum absolute atomic E-state index is 0.195. The molecule has 0 aromatic heterocycles. The van der Waals surface area contributed by atoms with Gasteiger partial charge in [0, 0.05) is 12.0 Å². The maximum Gasteiger partial charge on any atom is 0.203 e. The highest BCUT2D eigenvalue weighted by Gasteiger charge is 2.33. The SMILES string of the molecule is COc1ccc(C2=C(c3cc(OC)c(OC)c(OC)c3)/C(=N/O)C(O)C2)cc1. The zero-order chi connectivity index (χ0) is 20.3. The molecule has 0 fully saturated rings. The predicted molar refractivity (Wildman–Crippen MR) is 106 cm³/mol. The van der Waals surface area contributed by atoms with E-state index < -0.39 is 6.10 Å². The van der Waals surface area contributed by atoms with Crippen LogP contribution in [-0.2, 0) is 0 Å². The molecule has 1 unspecified atom stereocenters. The molecule has 0 saturated heterocycles. The second-order valence-corrected chi connectivity index (χ2v) is 6.20. The number of aliphatic hydroxyl groups excluding tert-OH is 1. The number of nitrogens with zero attached hydrogens (tertiary/aromatic N) is 1. The maximum absolute atomic E-state index is 10.5. The van der Waals surface area contributed by atoms with Crippen molar-refractivity contribution >= 4 is 16.9 Å². The van der Waals surface area contributed by atoms with Crippen molar-refractivity contribution in [3.05, 3.63) is 47.5 Å². The molecule has 2 N–H and O–H groups in total. The Morgan fingerprint density at radius 1 is 0.857 bits per heavy atom. The number of rotatable bonds is 6. The molecule has 7 heteroatoms. The molecule has 28 heavy (non-hydrogen) atoms. The highest BCUT2D eigenvalue weighted by atomic mass is 16.5. The molecule has 0 spiro atoms. The molecular formula is C21H23NO6. The van der Waals surface area contributed by atoms with Gasteiger partial charge in [0.15, 0.2) is 11.5 Å². The van der Waals surface area contributed by atoms with Crippen molar-refractivity contribution in [3.63, 3.8) is 0 Å². The van der Waals surface area contributed by atoms with Gasteiger partial charge < -0.3 is 29.3 Å². The van der Waals surface area contributed by atoms with E-state index in [2.05, 4.69) is 5.16 Å². The van der Waals surface area contributed by atoms with Crippen molar-refractivity contribution in [2.24, 2.45) is 5.16 Å². The van der Waals surface area contributed by atoms with Crippen molar-refractivity contribution in [2.75, 3.05) is 28.4 Å². The van der Waals surface area contributed by atoms with Crippen LogP contribution in [0.3, 0.4) is 0 Å². The van der Waals surface area contributed by atoms with E-state index in [1.165, 1.54) is 21.3 Å². The number of hydrogen-bond donors (Lipinski definition) is 2. The molecule has 0 heterocycles. The minimum Gasteiger partial charge on any atom is -0.497 e. The van der Waals surface area contributed by atoms with E-state index in [4.69, 9.17) is 18.9 Å². The second-order valence-electron chi connectivity index (χ2n) is 6.20. The smallest absolute Gasteiger partial charge is 0.203 e. The lowest BCUT2D eigenvalue weighted by molar-refractivity contribution is 0.240. The molecule has 0 aliphatic heterocycles. The summed E-state index contributed by atoms with van der Waals surface area (Å²) < 4.78 is 21.5. The van der Waals surface area contributed by atoms with Crippen LogP contribution in [0, 0.1) is 0 Å². The average molecular weight is 385 g/mol. The number of benzene rings is 2. The monoisotopic (exact) mass is 385 g/mol. The lowest BCUT2D eigenvalue weighted by Gasteiger charge is -2.16. The van der Waals surface area contributed by atoms with Crippen LogP contribution >= 0.6 is 0 Å². The van der Waals surface area contributed by atoms with Crippen LogP contribution in [-0.4, -0.2) is 50.6 Å². The zero-order valence-corrected chi connectivity index (χ0v) is 16.2. The fourth-order valence-corrected chi connectivity index (χ4v) is 3.43. The van der Waals surface area contributed by atoms with Gasteiger partial charge in [-0.3, -0.25) is 0 Å². The van der Waals surface area contributed by atoms with Gasteiger partial charge in [0.1, 0.15) is 17.6 Å². The summed E-state index contributed by atoms with van der Waals surface area (Å²) >= 11 is 0. The summed E-state index contributed by atoms with van der Waals surface area (Å²) in [4.78, 5) is 0. The van der Waals surface area contributed by atoms with Gasteiger partial charge in [-0.2, -0.15) is 0 Å². The first kappa shape index (κ1) is 19.6. The molecule has 148 valence electrons. The highest BCUT2D eigenvalue weighted by Crippen LogP contribution is 2.44. The average Bonchev–Trinajstić information content (AvgIpc) is 3.08. The van der Waals surface area contributed by atoms with Gasteiger partial charge in [0.05, 0.1) is 28.4 Å². The largest absolute Gasteiger partial charge is 0.497 e. The Morgan fingerprint density at radius 2 is 1.46 bits per heavy atom. The van der Waals surface area contributed by atoms with Crippen molar-refractivity contribution in [3.8, 4) is 23.0 Å². The Morgan fingerprint density at radius 3 is 1.93 bits per heavy atom. The van der Waals surface area contributed by atoms with E-state index >= 15 is 0 Å². The summed E-state index contributed by atoms with van der Waals surface area (Å²) in [7, 11) is 6.20. The number of methoxy groups -OCH3 is 4. The minimum atomic E-state index is -0.920. The van der Waals surface area contributed by atoms with Gasteiger partial charge in [-0.15, -0.1) is 0 Å². The fraction of sp³-hybridized carbons (Fsp3) is 0.286. The van der Waals surface area contributed by atoms with E-state index in [0.29, 0.717) is 34.8 Å². The zero-order valence-electron chi connectivity index (χ0n) is 16.2. The molecule has 0 saturated carbocycles. The first-order valence-electron chi connectivity index (χ1n) is 8.66. The second kappa shape index (κ2) is 8.22. The Kier molecular flexibility index (Phi) is 5.75. The van der Waals surface area contributed by atoms with Gasteiger partial charge in [-0.05, 0) is 41.0 Å².